The van der Waals surface area contributed by atoms with E-state index in [0.29, 0.717) is 17.1 Å². The highest BCUT2D eigenvalue weighted by atomic mass is 35.5. The Morgan fingerprint density at radius 2 is 2.11 bits per heavy atom. The number of hydrogen-bond donors (Lipinski definition) is 2. The van der Waals surface area contributed by atoms with Crippen molar-refractivity contribution in [3.8, 4) is 0 Å². The lowest BCUT2D eigenvalue weighted by atomic mass is 10.2. The first kappa shape index (κ1) is 15.2. The molecule has 0 aromatic heterocycles. The van der Waals surface area contributed by atoms with E-state index in [4.69, 9.17) is 16.7 Å². The minimum Gasteiger partial charge on any atom is -0.396 e. The van der Waals surface area contributed by atoms with Gasteiger partial charge in [-0.1, -0.05) is 17.7 Å². The van der Waals surface area contributed by atoms with Gasteiger partial charge in [0.15, 0.2) is 0 Å². The summed E-state index contributed by atoms with van der Waals surface area (Å²) in [5.74, 6) is 0. The van der Waals surface area contributed by atoms with Gasteiger partial charge < -0.3 is 5.11 Å². The maximum Gasteiger partial charge on any atom is 0.301 e. The Morgan fingerprint density at radius 1 is 1.44 bits per heavy atom. The Morgan fingerprint density at radius 3 is 2.67 bits per heavy atom. The molecule has 0 atom stereocenters. The maximum absolute atomic E-state index is 11.9. The van der Waals surface area contributed by atoms with Crippen LogP contribution in [0.4, 0.5) is 5.69 Å². The first-order valence-electron chi connectivity index (χ1n) is 5.48. The quantitative estimate of drug-likeness (QED) is 0.837. The van der Waals surface area contributed by atoms with Crippen LogP contribution in [-0.4, -0.2) is 38.0 Å². The summed E-state index contributed by atoms with van der Waals surface area (Å²) in [4.78, 5) is 0. The number of anilines is 1. The smallest absolute Gasteiger partial charge is 0.301 e. The van der Waals surface area contributed by atoms with Crippen LogP contribution < -0.4 is 4.72 Å². The molecule has 7 heteroatoms. The zero-order valence-electron chi connectivity index (χ0n) is 10.4. The number of halogens is 1. The van der Waals surface area contributed by atoms with Gasteiger partial charge >= 0.3 is 10.2 Å². The van der Waals surface area contributed by atoms with Gasteiger partial charge in [0.05, 0.1) is 5.69 Å². The first-order chi connectivity index (χ1) is 8.36. The molecule has 0 saturated carbocycles. The minimum absolute atomic E-state index is 0.0454. The van der Waals surface area contributed by atoms with Crippen molar-refractivity contribution in [1.82, 2.24) is 4.31 Å². The molecular formula is C11H17ClN2O3S. The maximum atomic E-state index is 11.9. The van der Waals surface area contributed by atoms with Crippen LogP contribution in [0.2, 0.25) is 5.02 Å². The lowest BCUT2D eigenvalue weighted by molar-refractivity contribution is 0.276. The van der Waals surface area contributed by atoms with Crippen molar-refractivity contribution in [3.05, 3.63) is 28.8 Å². The molecule has 18 heavy (non-hydrogen) atoms. The SMILES string of the molecule is Cc1ccc(NS(=O)(=O)N(C)CCCO)cc1Cl. The molecule has 102 valence electrons. The van der Waals surface area contributed by atoms with Crippen LogP contribution in [0.15, 0.2) is 18.2 Å². The largest absolute Gasteiger partial charge is 0.396 e. The predicted molar refractivity (Wildman–Crippen MR) is 73.1 cm³/mol. The fourth-order valence-electron chi connectivity index (χ4n) is 1.30. The molecule has 0 spiro atoms. The molecule has 0 radical (unpaired) electrons. The van der Waals surface area contributed by atoms with E-state index in [1.54, 1.807) is 18.2 Å². The van der Waals surface area contributed by atoms with Crippen LogP contribution in [0.3, 0.4) is 0 Å². The van der Waals surface area contributed by atoms with E-state index < -0.39 is 10.2 Å². The average molecular weight is 293 g/mol. The molecule has 5 nitrogen and oxygen atoms in total. The van der Waals surface area contributed by atoms with Crippen molar-refractivity contribution in [2.75, 3.05) is 24.9 Å². The Hall–Kier alpha value is -0.820. The highest BCUT2D eigenvalue weighted by molar-refractivity contribution is 7.90. The van der Waals surface area contributed by atoms with Gasteiger partial charge in [-0.2, -0.15) is 12.7 Å². The minimum atomic E-state index is -3.60. The van der Waals surface area contributed by atoms with E-state index in [-0.39, 0.29) is 13.2 Å². The summed E-state index contributed by atoms with van der Waals surface area (Å²) in [6.45, 7) is 2.05. The number of rotatable bonds is 6. The molecule has 0 amide bonds. The second kappa shape index (κ2) is 6.38. The van der Waals surface area contributed by atoms with Crippen molar-refractivity contribution in [1.29, 1.82) is 0 Å². The third-order valence-electron chi connectivity index (χ3n) is 2.46. The molecule has 0 aliphatic rings. The molecular weight excluding hydrogens is 276 g/mol. The first-order valence-corrected chi connectivity index (χ1v) is 7.29. The van der Waals surface area contributed by atoms with E-state index in [2.05, 4.69) is 4.72 Å². The third kappa shape index (κ3) is 4.13. The Labute approximate surface area is 113 Å². The zero-order valence-corrected chi connectivity index (χ0v) is 11.9. The second-order valence-corrected chi connectivity index (χ2v) is 6.15. The molecule has 2 N–H and O–H groups in total. The van der Waals surface area contributed by atoms with Crippen molar-refractivity contribution in [3.63, 3.8) is 0 Å². The number of nitrogens with zero attached hydrogens (tertiary/aromatic N) is 1. The molecule has 0 aliphatic carbocycles. The van der Waals surface area contributed by atoms with E-state index in [1.807, 2.05) is 6.92 Å². The van der Waals surface area contributed by atoms with Crippen LogP contribution in [0.25, 0.3) is 0 Å². The number of aliphatic hydroxyl groups is 1. The highest BCUT2D eigenvalue weighted by Gasteiger charge is 2.17. The summed E-state index contributed by atoms with van der Waals surface area (Å²) in [6, 6.07) is 4.96. The van der Waals surface area contributed by atoms with Gasteiger partial charge in [-0.15, -0.1) is 0 Å². The molecule has 0 fully saturated rings. The fourth-order valence-corrected chi connectivity index (χ4v) is 2.43. The lowest BCUT2D eigenvalue weighted by Crippen LogP contribution is -2.33. The van der Waals surface area contributed by atoms with Gasteiger partial charge in [0.25, 0.3) is 0 Å². The van der Waals surface area contributed by atoms with Crippen LogP contribution in [0.1, 0.15) is 12.0 Å². The number of aryl methyl sites for hydroxylation is 1. The number of nitrogens with one attached hydrogen (secondary N) is 1. The summed E-state index contributed by atoms with van der Waals surface area (Å²) in [7, 11) is -2.15. The zero-order chi connectivity index (χ0) is 13.8. The van der Waals surface area contributed by atoms with Crippen molar-refractivity contribution in [2.24, 2.45) is 0 Å². The molecule has 0 bridgehead atoms. The summed E-state index contributed by atoms with van der Waals surface area (Å²) in [5.41, 5.74) is 1.30. The summed E-state index contributed by atoms with van der Waals surface area (Å²) >= 11 is 5.92. The highest BCUT2D eigenvalue weighted by Crippen LogP contribution is 2.21. The van der Waals surface area contributed by atoms with Crippen molar-refractivity contribution in [2.45, 2.75) is 13.3 Å². The summed E-state index contributed by atoms with van der Waals surface area (Å²) < 4.78 is 27.4. The van der Waals surface area contributed by atoms with Gasteiger partial charge in [-0.25, -0.2) is 0 Å². The molecule has 0 unspecified atom stereocenters. The molecule has 0 heterocycles. The van der Waals surface area contributed by atoms with Gasteiger partial charge in [0, 0.05) is 25.2 Å². The number of hydrogen-bond acceptors (Lipinski definition) is 3. The molecule has 1 aromatic carbocycles. The Bertz CT molecular complexity index is 505. The number of aliphatic hydroxyl groups excluding tert-OH is 1. The Balaban J connectivity index is 2.78. The third-order valence-corrected chi connectivity index (χ3v) is 4.36. The van der Waals surface area contributed by atoms with Crippen molar-refractivity contribution >= 4 is 27.5 Å². The molecule has 1 aromatic rings. The van der Waals surface area contributed by atoms with E-state index in [9.17, 15) is 8.42 Å². The van der Waals surface area contributed by atoms with E-state index >= 15 is 0 Å². The average Bonchev–Trinajstić information content (AvgIpc) is 2.30. The summed E-state index contributed by atoms with van der Waals surface area (Å²) in [5, 5.41) is 9.19. The molecule has 0 saturated heterocycles. The normalized spacial score (nSPS) is 11.8. The van der Waals surface area contributed by atoms with Gasteiger partial charge in [0.2, 0.25) is 0 Å². The lowest BCUT2D eigenvalue weighted by Gasteiger charge is -2.18. The monoisotopic (exact) mass is 292 g/mol. The Kier molecular flexibility index (Phi) is 5.40. The van der Waals surface area contributed by atoms with Gasteiger partial charge in [-0.3, -0.25) is 4.72 Å². The topological polar surface area (TPSA) is 69.6 Å². The van der Waals surface area contributed by atoms with Gasteiger partial charge in [0.1, 0.15) is 0 Å². The number of benzene rings is 1. The van der Waals surface area contributed by atoms with Crippen LogP contribution >= 0.6 is 11.6 Å². The van der Waals surface area contributed by atoms with Crippen LogP contribution in [0, 0.1) is 6.92 Å². The van der Waals surface area contributed by atoms with E-state index in [1.165, 1.54) is 7.05 Å². The van der Waals surface area contributed by atoms with Crippen molar-refractivity contribution < 1.29 is 13.5 Å². The molecule has 1 rings (SSSR count). The van der Waals surface area contributed by atoms with Gasteiger partial charge in [-0.05, 0) is 31.0 Å². The van der Waals surface area contributed by atoms with E-state index in [0.717, 1.165) is 9.87 Å². The molecule has 0 aliphatic heterocycles. The predicted octanol–water partition coefficient (Wildman–Crippen LogP) is 1.62. The second-order valence-electron chi connectivity index (χ2n) is 3.97. The summed E-state index contributed by atoms with van der Waals surface area (Å²) in [6.07, 6.45) is 0.395. The van der Waals surface area contributed by atoms with Crippen LogP contribution in [-0.2, 0) is 10.2 Å². The standard InChI is InChI=1S/C11H17ClN2O3S/c1-9-4-5-10(8-11(9)12)13-18(16,17)14(2)6-3-7-15/h4-5,8,13,15H,3,6-7H2,1-2H3. The van der Waals surface area contributed by atoms with Crippen LogP contribution in [0.5, 0.6) is 0 Å². The fraction of sp³-hybridized carbons (Fsp3) is 0.455.